The molecule has 4 rings (SSSR count). The van der Waals surface area contributed by atoms with Crippen LogP contribution in [0.1, 0.15) is 13.8 Å². The van der Waals surface area contributed by atoms with E-state index < -0.39 is 6.37 Å². The minimum atomic E-state index is -1.40. The van der Waals surface area contributed by atoms with E-state index in [0.717, 1.165) is 10.5 Å². The van der Waals surface area contributed by atoms with Crippen molar-refractivity contribution in [1.29, 1.82) is 0 Å². The van der Waals surface area contributed by atoms with Crippen LogP contribution in [0.2, 0.25) is 13.1 Å². The standard InChI is InChI=1S/C18H22S2Si.2ClH.Zr/c1-13-11-15-7-5-9-17(15)19(13)21(3,4)20-14(2)12-16-8-6-10-18(16)20;;;/h5-14H,1-4H3;2*1H;/q+2;;;+2/p-2. The van der Waals surface area contributed by atoms with Crippen molar-refractivity contribution in [2.24, 2.45) is 0 Å². The van der Waals surface area contributed by atoms with Gasteiger partial charge in [0, 0.05) is 44.9 Å². The van der Waals surface area contributed by atoms with E-state index in [-0.39, 0.29) is 51.0 Å². The molecule has 24 heavy (non-hydrogen) atoms. The van der Waals surface area contributed by atoms with Crippen molar-refractivity contribution in [3.8, 4) is 0 Å². The van der Waals surface area contributed by atoms with E-state index in [4.69, 9.17) is 0 Å². The minimum absolute atomic E-state index is 0. The second kappa shape index (κ2) is 8.23. The van der Waals surface area contributed by atoms with Gasteiger partial charge in [-0.15, -0.1) is 0 Å². The second-order valence-electron chi connectivity index (χ2n) is 6.51. The van der Waals surface area contributed by atoms with Crippen LogP contribution in [0.5, 0.6) is 0 Å². The fourth-order valence-corrected chi connectivity index (χ4v) is 26.5. The molecule has 2 heterocycles. The van der Waals surface area contributed by atoms with Gasteiger partial charge in [-0.2, -0.15) is 0 Å². The topological polar surface area (TPSA) is 0 Å². The third-order valence-corrected chi connectivity index (χ3v) is 23.4. The van der Waals surface area contributed by atoms with Gasteiger partial charge in [-0.05, 0) is 50.3 Å². The maximum absolute atomic E-state index is 2.65. The molecule has 0 saturated carbocycles. The van der Waals surface area contributed by atoms with E-state index in [1.54, 1.807) is 9.81 Å². The van der Waals surface area contributed by atoms with Crippen molar-refractivity contribution < 1.29 is 51.0 Å². The zero-order valence-electron chi connectivity index (χ0n) is 14.3. The molecule has 0 aromatic heterocycles. The maximum atomic E-state index is 2.65. The molecule has 126 valence electrons. The van der Waals surface area contributed by atoms with E-state index in [1.165, 1.54) is 11.1 Å². The Labute approximate surface area is 183 Å². The summed E-state index contributed by atoms with van der Waals surface area (Å²) in [6.45, 7) is 10.2. The normalized spacial score (nSPS) is 31.8. The Bertz CT molecular complexity index is 646. The summed E-state index contributed by atoms with van der Waals surface area (Å²) < 4.78 is 0. The summed E-state index contributed by atoms with van der Waals surface area (Å²) in [5.74, 6) is 0. The zero-order valence-corrected chi connectivity index (χ0v) is 20.9. The molecule has 0 fully saturated rings. The van der Waals surface area contributed by atoms with Gasteiger partial charge in [-0.25, -0.2) is 0 Å². The van der Waals surface area contributed by atoms with Crippen molar-refractivity contribution in [1.82, 2.24) is 0 Å². The van der Waals surface area contributed by atoms with E-state index >= 15 is 0 Å². The van der Waals surface area contributed by atoms with Crippen LogP contribution in [0.15, 0.2) is 69.6 Å². The molecule has 0 nitrogen and oxygen atoms in total. The van der Waals surface area contributed by atoms with Crippen LogP contribution in [0.4, 0.5) is 0 Å². The molecule has 0 amide bonds. The molecule has 2 aliphatic carbocycles. The summed E-state index contributed by atoms with van der Waals surface area (Å²) >= 11 is 0. The van der Waals surface area contributed by atoms with Gasteiger partial charge in [0.2, 0.25) is 0 Å². The molecule has 0 N–H and O–H groups in total. The van der Waals surface area contributed by atoms with Gasteiger partial charge in [-0.3, -0.25) is 0 Å². The third-order valence-electron chi connectivity index (χ3n) is 4.72. The van der Waals surface area contributed by atoms with Crippen molar-refractivity contribution in [3.05, 3.63) is 69.6 Å². The van der Waals surface area contributed by atoms with Gasteiger partial charge < -0.3 is 24.8 Å². The predicted molar refractivity (Wildman–Crippen MR) is 102 cm³/mol. The number of fused-ring (bicyclic) bond motifs is 2. The maximum Gasteiger partial charge on any atom is 2.00 e. The molecular weight excluding hydrogens is 471 g/mol. The van der Waals surface area contributed by atoms with Crippen molar-refractivity contribution in [2.75, 3.05) is 0 Å². The quantitative estimate of drug-likeness (QED) is 0.325. The average Bonchev–Trinajstić information content (AvgIpc) is 3.07. The largest absolute Gasteiger partial charge is 2.00 e. The number of rotatable bonds is 2. The first-order chi connectivity index (χ1) is 10.00. The van der Waals surface area contributed by atoms with E-state index in [1.807, 2.05) is 0 Å². The molecule has 2 aliphatic heterocycles. The van der Waals surface area contributed by atoms with Crippen LogP contribution < -0.4 is 24.8 Å². The molecule has 0 aromatic rings. The first-order valence-electron chi connectivity index (χ1n) is 7.67. The van der Waals surface area contributed by atoms with Gasteiger partial charge in [0.05, 0.1) is 0 Å². The molecule has 0 saturated heterocycles. The summed E-state index contributed by atoms with van der Waals surface area (Å²) in [5, 5.41) is 1.47. The van der Waals surface area contributed by atoms with Gasteiger partial charge in [0.25, 0.3) is 0 Å². The summed E-state index contributed by atoms with van der Waals surface area (Å²) in [4.78, 5) is 3.33. The zero-order chi connectivity index (χ0) is 14.8. The minimum Gasteiger partial charge on any atom is -1.00 e. The molecule has 4 unspecified atom stereocenters. The molecule has 0 bridgehead atoms. The van der Waals surface area contributed by atoms with Crippen molar-refractivity contribution in [3.63, 3.8) is 0 Å². The average molecular weight is 493 g/mol. The van der Waals surface area contributed by atoms with E-state index in [2.05, 4.69) is 75.5 Å². The smallest absolute Gasteiger partial charge is 1.00 e. The molecular formula is C18H22Cl2S2SiZr+2. The van der Waals surface area contributed by atoms with Crippen molar-refractivity contribution in [2.45, 2.75) is 37.4 Å². The summed E-state index contributed by atoms with van der Waals surface area (Å²) in [7, 11) is 0.895. The summed E-state index contributed by atoms with van der Waals surface area (Å²) in [5.41, 5.74) is 3.04. The fraction of sp³-hybridized carbons (Fsp3) is 0.333. The fourth-order valence-electron chi connectivity index (χ4n) is 4.08. The van der Waals surface area contributed by atoms with Gasteiger partial charge >= 0.3 is 32.6 Å². The Morgan fingerprint density at radius 3 is 1.54 bits per heavy atom. The number of allylic oxidation sites excluding steroid dienone is 8. The molecule has 0 spiro atoms. The molecule has 0 radical (unpaired) electrons. The van der Waals surface area contributed by atoms with Crippen LogP contribution in [0.25, 0.3) is 0 Å². The predicted octanol–water partition coefficient (Wildman–Crippen LogP) is -1.51. The molecule has 4 atom stereocenters. The Hall–Kier alpha value is 0.820. The van der Waals surface area contributed by atoms with Crippen molar-refractivity contribution >= 4 is 27.1 Å². The molecule has 4 aliphatic rings. The Balaban J connectivity index is 0.000000960. The summed E-state index contributed by atoms with van der Waals surface area (Å²) in [6.07, 6.45) is 17.6. The van der Waals surface area contributed by atoms with E-state index in [9.17, 15) is 0 Å². The molecule has 6 heteroatoms. The van der Waals surface area contributed by atoms with E-state index in [0.29, 0.717) is 20.7 Å². The second-order valence-corrected chi connectivity index (χ2v) is 22.6. The van der Waals surface area contributed by atoms with Crippen LogP contribution in [-0.2, 0) is 46.9 Å². The third kappa shape index (κ3) is 3.37. The number of hydrogen-bond donors (Lipinski definition) is 0. The Kier molecular flexibility index (Phi) is 7.84. The van der Waals surface area contributed by atoms with Crippen LogP contribution in [0, 0.1) is 0 Å². The molecule has 0 aromatic carbocycles. The van der Waals surface area contributed by atoms with Crippen LogP contribution >= 0.6 is 0 Å². The number of hydrogen-bond acceptors (Lipinski definition) is 0. The van der Waals surface area contributed by atoms with Crippen LogP contribution in [0.3, 0.4) is 0 Å². The van der Waals surface area contributed by atoms with Gasteiger partial charge in [0.15, 0.2) is 0 Å². The monoisotopic (exact) mass is 490 g/mol. The van der Waals surface area contributed by atoms with Crippen LogP contribution in [-0.4, -0.2) is 16.9 Å². The first-order valence-corrected chi connectivity index (χ1v) is 14.7. The number of halogens is 2. The SMILES string of the molecule is CC1C=C2C=CC=C2[S+]1[Si](C)(C)[S+]1C2=CC=CC2=CC1C.[Cl-].[Cl-].[Zr+2]. The van der Waals surface area contributed by atoms with Gasteiger partial charge in [0.1, 0.15) is 20.3 Å². The Morgan fingerprint density at radius 2 is 1.17 bits per heavy atom. The summed E-state index contributed by atoms with van der Waals surface area (Å²) in [6, 6.07) is 0. The first kappa shape index (κ1) is 22.9. The Morgan fingerprint density at radius 1 is 0.792 bits per heavy atom. The van der Waals surface area contributed by atoms with Gasteiger partial charge in [-0.1, -0.05) is 12.2 Å².